The molecule has 2 aromatic rings. The molecule has 0 saturated carbocycles. The Labute approximate surface area is 122 Å². The highest BCUT2D eigenvalue weighted by Crippen LogP contribution is 2.32. The van der Waals surface area contributed by atoms with Gasteiger partial charge in [0.25, 0.3) is 0 Å². The lowest BCUT2D eigenvalue weighted by atomic mass is 9.90. The zero-order chi connectivity index (χ0) is 14.2. The van der Waals surface area contributed by atoms with Gasteiger partial charge in [0.2, 0.25) is 11.7 Å². The average Bonchev–Trinajstić information content (AvgIpc) is 3.07. The summed E-state index contributed by atoms with van der Waals surface area (Å²) >= 11 is 0. The highest BCUT2D eigenvalue weighted by atomic mass is 19.1. The molecule has 1 N–H and O–H groups in total. The molecule has 0 aromatic carbocycles. The number of piperidine rings is 1. The maximum absolute atomic E-state index is 12.9. The van der Waals surface area contributed by atoms with E-state index in [1.54, 1.807) is 6.07 Å². The minimum Gasteiger partial charge on any atom is -0.339 e. The van der Waals surface area contributed by atoms with Crippen molar-refractivity contribution in [3.63, 3.8) is 0 Å². The van der Waals surface area contributed by atoms with Gasteiger partial charge >= 0.3 is 0 Å². The zero-order valence-corrected chi connectivity index (χ0v) is 11.6. The molecule has 2 bridgehead atoms. The van der Waals surface area contributed by atoms with Gasteiger partial charge in [-0.25, -0.2) is 9.37 Å². The van der Waals surface area contributed by atoms with Crippen molar-refractivity contribution in [1.82, 2.24) is 20.4 Å². The number of fused-ring (bicyclic) bond motifs is 2. The van der Waals surface area contributed by atoms with Crippen LogP contribution in [-0.2, 0) is 6.42 Å². The molecule has 21 heavy (non-hydrogen) atoms. The summed E-state index contributed by atoms with van der Waals surface area (Å²) in [6.07, 6.45) is 6.93. The summed E-state index contributed by atoms with van der Waals surface area (Å²) in [5, 5.41) is 7.58. The van der Waals surface area contributed by atoms with E-state index < -0.39 is 0 Å². The molecule has 6 heteroatoms. The Morgan fingerprint density at radius 1 is 1.24 bits per heavy atom. The highest BCUT2D eigenvalue weighted by molar-refractivity contribution is 5.47. The van der Waals surface area contributed by atoms with Gasteiger partial charge in [-0.1, -0.05) is 5.16 Å². The number of rotatable bonds is 3. The Balaban J connectivity index is 1.46. The topological polar surface area (TPSA) is 63.8 Å². The first-order valence-electron chi connectivity index (χ1n) is 7.47. The lowest BCUT2D eigenvalue weighted by Gasteiger charge is -2.27. The predicted octanol–water partition coefficient (Wildman–Crippen LogP) is 2.34. The molecule has 2 aromatic heterocycles. The van der Waals surface area contributed by atoms with Crippen LogP contribution in [0.4, 0.5) is 4.39 Å². The van der Waals surface area contributed by atoms with Crippen LogP contribution in [0.1, 0.15) is 31.6 Å². The second-order valence-corrected chi connectivity index (χ2v) is 6.05. The van der Waals surface area contributed by atoms with Gasteiger partial charge < -0.3 is 9.84 Å². The standard InChI is InChI=1S/C15H17FN4O/c16-10-1-4-13(17-8-10)15-19-14(21-20-15)7-9-5-11-2-3-12(6-9)18-11/h1,4,8-9,11-12,18H,2-3,5-7H2. The first-order chi connectivity index (χ1) is 10.3. The zero-order valence-electron chi connectivity index (χ0n) is 11.6. The molecule has 2 saturated heterocycles. The summed E-state index contributed by atoms with van der Waals surface area (Å²) in [6.45, 7) is 0. The molecule has 0 spiro atoms. The van der Waals surface area contributed by atoms with Gasteiger partial charge in [-0.2, -0.15) is 4.98 Å². The third-order valence-corrected chi connectivity index (χ3v) is 4.46. The summed E-state index contributed by atoms with van der Waals surface area (Å²) in [5.74, 6) is 1.33. The normalized spacial score (nSPS) is 28.0. The van der Waals surface area contributed by atoms with Crippen LogP contribution in [0.25, 0.3) is 11.5 Å². The maximum atomic E-state index is 12.9. The van der Waals surface area contributed by atoms with E-state index in [0.29, 0.717) is 35.4 Å². The molecular weight excluding hydrogens is 271 g/mol. The predicted molar refractivity (Wildman–Crippen MR) is 73.9 cm³/mol. The van der Waals surface area contributed by atoms with Crippen LogP contribution in [0, 0.1) is 11.7 Å². The van der Waals surface area contributed by atoms with Crippen LogP contribution < -0.4 is 5.32 Å². The molecule has 5 nitrogen and oxygen atoms in total. The van der Waals surface area contributed by atoms with Gasteiger partial charge in [0, 0.05) is 18.5 Å². The van der Waals surface area contributed by atoms with E-state index in [2.05, 4.69) is 20.4 Å². The Hall–Kier alpha value is -1.82. The quantitative estimate of drug-likeness (QED) is 0.939. The monoisotopic (exact) mass is 288 g/mol. The number of hydrogen-bond acceptors (Lipinski definition) is 5. The summed E-state index contributed by atoms with van der Waals surface area (Å²) in [5.41, 5.74) is 0.539. The van der Waals surface area contributed by atoms with Crippen LogP contribution in [0.15, 0.2) is 22.9 Å². The summed E-state index contributed by atoms with van der Waals surface area (Å²) < 4.78 is 18.2. The van der Waals surface area contributed by atoms with Crippen molar-refractivity contribution >= 4 is 0 Å². The van der Waals surface area contributed by atoms with Crippen molar-refractivity contribution in [3.8, 4) is 11.5 Å². The number of aromatic nitrogens is 3. The van der Waals surface area contributed by atoms with Gasteiger partial charge in [0.05, 0.1) is 6.20 Å². The molecule has 2 aliphatic rings. The highest BCUT2D eigenvalue weighted by Gasteiger charge is 2.34. The number of hydrogen-bond donors (Lipinski definition) is 1. The van der Waals surface area contributed by atoms with E-state index in [9.17, 15) is 4.39 Å². The van der Waals surface area contributed by atoms with Crippen LogP contribution in [0.3, 0.4) is 0 Å². The minimum atomic E-state index is -0.368. The van der Waals surface area contributed by atoms with Crippen molar-refractivity contribution in [2.75, 3.05) is 0 Å². The fourth-order valence-electron chi connectivity index (χ4n) is 3.54. The molecule has 2 aliphatic heterocycles. The summed E-state index contributed by atoms with van der Waals surface area (Å²) in [6, 6.07) is 4.24. The molecular formula is C15H17FN4O. The van der Waals surface area contributed by atoms with Crippen molar-refractivity contribution < 1.29 is 8.91 Å². The summed E-state index contributed by atoms with van der Waals surface area (Å²) in [4.78, 5) is 8.36. The molecule has 110 valence electrons. The molecule has 4 rings (SSSR count). The van der Waals surface area contributed by atoms with Gasteiger partial charge in [0.1, 0.15) is 11.5 Å². The SMILES string of the molecule is Fc1ccc(-c2noc(CC3CC4CCC(C3)N4)n2)nc1. The van der Waals surface area contributed by atoms with Gasteiger partial charge in [0.15, 0.2) is 0 Å². The van der Waals surface area contributed by atoms with Crippen LogP contribution in [0.5, 0.6) is 0 Å². The second-order valence-electron chi connectivity index (χ2n) is 6.05. The maximum Gasteiger partial charge on any atom is 0.227 e. The molecule has 2 unspecified atom stereocenters. The number of halogens is 1. The van der Waals surface area contributed by atoms with Crippen LogP contribution in [-0.4, -0.2) is 27.2 Å². The van der Waals surface area contributed by atoms with E-state index in [-0.39, 0.29) is 5.82 Å². The third kappa shape index (κ3) is 2.68. The van der Waals surface area contributed by atoms with Crippen molar-refractivity contribution in [2.45, 2.75) is 44.2 Å². The Kier molecular flexibility index (Phi) is 3.18. The summed E-state index contributed by atoms with van der Waals surface area (Å²) in [7, 11) is 0. The molecule has 2 atom stereocenters. The minimum absolute atomic E-state index is 0.368. The first-order valence-corrected chi connectivity index (χ1v) is 7.47. The van der Waals surface area contributed by atoms with Gasteiger partial charge in [-0.15, -0.1) is 0 Å². The Morgan fingerprint density at radius 2 is 2.05 bits per heavy atom. The number of nitrogens with zero attached hydrogens (tertiary/aromatic N) is 3. The first kappa shape index (κ1) is 12.9. The molecule has 0 radical (unpaired) electrons. The van der Waals surface area contributed by atoms with E-state index in [0.717, 1.165) is 12.6 Å². The fraction of sp³-hybridized carbons (Fsp3) is 0.533. The van der Waals surface area contributed by atoms with Gasteiger partial charge in [-0.3, -0.25) is 0 Å². The molecule has 0 aliphatic carbocycles. The number of pyridine rings is 1. The van der Waals surface area contributed by atoms with Gasteiger partial charge in [-0.05, 0) is 43.7 Å². The van der Waals surface area contributed by atoms with Crippen molar-refractivity contribution in [2.24, 2.45) is 5.92 Å². The van der Waals surface area contributed by atoms with Crippen LogP contribution >= 0.6 is 0 Å². The lowest BCUT2D eigenvalue weighted by molar-refractivity contribution is 0.270. The Morgan fingerprint density at radius 3 is 2.76 bits per heavy atom. The molecule has 2 fully saturated rings. The smallest absolute Gasteiger partial charge is 0.227 e. The average molecular weight is 288 g/mol. The van der Waals surface area contributed by atoms with E-state index in [1.165, 1.54) is 31.7 Å². The second kappa shape index (κ2) is 5.18. The van der Waals surface area contributed by atoms with Crippen molar-refractivity contribution in [1.29, 1.82) is 0 Å². The Bertz CT molecular complexity index is 615. The largest absolute Gasteiger partial charge is 0.339 e. The fourth-order valence-corrected chi connectivity index (χ4v) is 3.54. The van der Waals surface area contributed by atoms with E-state index >= 15 is 0 Å². The van der Waals surface area contributed by atoms with Crippen LogP contribution in [0.2, 0.25) is 0 Å². The van der Waals surface area contributed by atoms with Crippen molar-refractivity contribution in [3.05, 3.63) is 30.0 Å². The third-order valence-electron chi connectivity index (χ3n) is 4.46. The van der Waals surface area contributed by atoms with E-state index in [1.807, 2.05) is 0 Å². The van der Waals surface area contributed by atoms with E-state index in [4.69, 9.17) is 4.52 Å². The lowest BCUT2D eigenvalue weighted by Crippen LogP contribution is -2.38. The molecule has 4 heterocycles. The molecule has 0 amide bonds. The number of nitrogens with one attached hydrogen (secondary N) is 1.